The summed E-state index contributed by atoms with van der Waals surface area (Å²) in [5, 5.41) is 13.0. The summed E-state index contributed by atoms with van der Waals surface area (Å²) in [6.07, 6.45) is 0. The van der Waals surface area contributed by atoms with Gasteiger partial charge in [-0.15, -0.1) is 11.3 Å². The minimum atomic E-state index is -0.694. The first kappa shape index (κ1) is 19.9. The van der Waals surface area contributed by atoms with Crippen LogP contribution in [0.4, 0.5) is 5.69 Å². The van der Waals surface area contributed by atoms with E-state index in [2.05, 4.69) is 0 Å². The monoisotopic (exact) mass is 419 g/mol. The first-order chi connectivity index (χ1) is 14.4. The van der Waals surface area contributed by atoms with Gasteiger partial charge in [0.1, 0.15) is 17.6 Å². The second-order valence-corrected chi connectivity index (χ2v) is 8.24. The molecule has 2 aromatic carbocycles. The predicted octanol–water partition coefficient (Wildman–Crippen LogP) is 5.00. The fourth-order valence-corrected chi connectivity index (χ4v) is 4.63. The number of aryl methyl sites for hydroxylation is 2. The van der Waals surface area contributed by atoms with E-state index in [4.69, 9.17) is 4.74 Å². The third-order valence-corrected chi connectivity index (χ3v) is 6.03. The van der Waals surface area contributed by atoms with Crippen LogP contribution in [0.3, 0.4) is 0 Å². The maximum absolute atomic E-state index is 13.1. The van der Waals surface area contributed by atoms with Crippen LogP contribution >= 0.6 is 11.3 Å². The van der Waals surface area contributed by atoms with Gasteiger partial charge in [0.15, 0.2) is 0 Å². The molecule has 2 heterocycles. The lowest BCUT2D eigenvalue weighted by Crippen LogP contribution is -2.29. The zero-order valence-corrected chi connectivity index (χ0v) is 17.7. The minimum Gasteiger partial charge on any atom is -0.507 e. The van der Waals surface area contributed by atoms with Crippen LogP contribution in [0.25, 0.3) is 5.76 Å². The van der Waals surface area contributed by atoms with Gasteiger partial charge in [0.25, 0.3) is 11.7 Å². The number of Topliss-reactive ketones (excluding diaryl/α,β-unsaturated/α-hetero) is 1. The molecule has 1 amide bonds. The topological polar surface area (TPSA) is 66.8 Å². The van der Waals surface area contributed by atoms with Crippen LogP contribution in [0.5, 0.6) is 5.75 Å². The van der Waals surface area contributed by atoms with Gasteiger partial charge in [0.2, 0.25) is 0 Å². The molecule has 3 aromatic rings. The quantitative estimate of drug-likeness (QED) is 0.367. The molecule has 1 N–H and O–H groups in total. The van der Waals surface area contributed by atoms with Gasteiger partial charge < -0.3 is 9.84 Å². The highest BCUT2D eigenvalue weighted by atomic mass is 32.1. The van der Waals surface area contributed by atoms with Crippen LogP contribution in [-0.2, 0) is 9.59 Å². The van der Waals surface area contributed by atoms with Gasteiger partial charge in [-0.05, 0) is 72.8 Å². The smallest absolute Gasteiger partial charge is 0.300 e. The van der Waals surface area contributed by atoms with Crippen molar-refractivity contribution < 1.29 is 19.4 Å². The van der Waals surface area contributed by atoms with E-state index in [-0.39, 0.29) is 11.3 Å². The Morgan fingerprint density at radius 3 is 2.27 bits per heavy atom. The SMILES string of the molecule is COc1ccc(/C(O)=C2/C(=O)C(=O)N(c3cc(C)cc(C)c3)C2c2cccs2)cc1. The Morgan fingerprint density at radius 1 is 1.03 bits per heavy atom. The van der Waals surface area contributed by atoms with E-state index < -0.39 is 17.7 Å². The lowest BCUT2D eigenvalue weighted by molar-refractivity contribution is -0.132. The number of benzene rings is 2. The highest BCUT2D eigenvalue weighted by Gasteiger charge is 2.47. The van der Waals surface area contributed by atoms with Gasteiger partial charge >= 0.3 is 0 Å². The molecule has 0 saturated carbocycles. The summed E-state index contributed by atoms with van der Waals surface area (Å²) in [5.41, 5.74) is 3.17. The van der Waals surface area contributed by atoms with Crippen LogP contribution in [0.1, 0.15) is 27.6 Å². The number of hydrogen-bond acceptors (Lipinski definition) is 5. The van der Waals surface area contributed by atoms with Crippen molar-refractivity contribution in [3.63, 3.8) is 0 Å². The number of anilines is 1. The second kappa shape index (κ2) is 7.80. The molecule has 1 fully saturated rings. The molecule has 1 saturated heterocycles. The van der Waals surface area contributed by atoms with Gasteiger partial charge in [0, 0.05) is 16.1 Å². The van der Waals surface area contributed by atoms with E-state index in [0.717, 1.165) is 16.0 Å². The van der Waals surface area contributed by atoms with Gasteiger partial charge in [-0.3, -0.25) is 14.5 Å². The van der Waals surface area contributed by atoms with Crippen molar-refractivity contribution in [3.05, 3.63) is 87.1 Å². The minimum absolute atomic E-state index is 0.0896. The van der Waals surface area contributed by atoms with E-state index in [0.29, 0.717) is 17.0 Å². The molecule has 0 spiro atoms. The summed E-state index contributed by atoms with van der Waals surface area (Å²) in [4.78, 5) is 28.5. The number of aliphatic hydroxyl groups excluding tert-OH is 1. The average Bonchev–Trinajstić information content (AvgIpc) is 3.34. The molecule has 1 aliphatic heterocycles. The molecule has 30 heavy (non-hydrogen) atoms. The van der Waals surface area contributed by atoms with Crippen LogP contribution in [-0.4, -0.2) is 23.9 Å². The van der Waals surface area contributed by atoms with E-state index >= 15 is 0 Å². The Bertz CT molecular complexity index is 1130. The summed E-state index contributed by atoms with van der Waals surface area (Å²) in [5.74, 6) is -0.896. The van der Waals surface area contributed by atoms with Crippen molar-refractivity contribution in [1.29, 1.82) is 0 Å². The molecule has 152 valence electrons. The normalized spacial score (nSPS) is 18.1. The lowest BCUT2D eigenvalue weighted by Gasteiger charge is -2.25. The molecular weight excluding hydrogens is 398 g/mol. The number of methoxy groups -OCH3 is 1. The van der Waals surface area contributed by atoms with Crippen molar-refractivity contribution in [2.75, 3.05) is 12.0 Å². The van der Waals surface area contributed by atoms with Crippen molar-refractivity contribution >= 4 is 34.5 Å². The summed E-state index contributed by atoms with van der Waals surface area (Å²) in [7, 11) is 1.56. The first-order valence-electron chi connectivity index (χ1n) is 9.48. The van der Waals surface area contributed by atoms with E-state index in [1.165, 1.54) is 16.2 Å². The molecule has 1 aliphatic rings. The van der Waals surface area contributed by atoms with Crippen LogP contribution in [0.15, 0.2) is 65.6 Å². The molecule has 0 aliphatic carbocycles. The molecular formula is C24H21NO4S. The van der Waals surface area contributed by atoms with Crippen molar-refractivity contribution in [3.8, 4) is 5.75 Å². The maximum Gasteiger partial charge on any atom is 0.300 e. The summed E-state index contributed by atoms with van der Waals surface area (Å²) in [6.45, 7) is 3.90. The molecule has 1 unspecified atom stereocenters. The average molecular weight is 420 g/mol. The van der Waals surface area contributed by atoms with Gasteiger partial charge in [-0.2, -0.15) is 0 Å². The molecule has 1 atom stereocenters. The number of carbonyl (C=O) groups is 2. The van der Waals surface area contributed by atoms with Crippen molar-refractivity contribution in [2.45, 2.75) is 19.9 Å². The standard InChI is InChI=1S/C24H21NO4S/c1-14-11-15(2)13-17(12-14)25-21(19-5-4-10-30-19)20(23(27)24(25)28)22(26)16-6-8-18(29-3)9-7-16/h4-13,21,26H,1-3H3/b22-20-. The summed E-state index contributed by atoms with van der Waals surface area (Å²) < 4.78 is 5.16. The number of aliphatic hydroxyl groups is 1. The van der Waals surface area contributed by atoms with Crippen LogP contribution < -0.4 is 9.64 Å². The zero-order valence-electron chi connectivity index (χ0n) is 16.9. The molecule has 0 bridgehead atoms. The predicted molar refractivity (Wildman–Crippen MR) is 118 cm³/mol. The fraction of sp³-hybridized carbons (Fsp3) is 0.167. The van der Waals surface area contributed by atoms with E-state index in [1.54, 1.807) is 31.4 Å². The number of hydrogen-bond donors (Lipinski definition) is 1. The fourth-order valence-electron chi connectivity index (χ4n) is 3.81. The number of amides is 1. The van der Waals surface area contributed by atoms with Crippen LogP contribution in [0, 0.1) is 13.8 Å². The van der Waals surface area contributed by atoms with Crippen molar-refractivity contribution in [1.82, 2.24) is 0 Å². The maximum atomic E-state index is 13.1. The third kappa shape index (κ3) is 3.39. The number of ketones is 1. The third-order valence-electron chi connectivity index (χ3n) is 5.11. The Hall–Kier alpha value is -3.38. The molecule has 0 radical (unpaired) electrons. The van der Waals surface area contributed by atoms with Gasteiger partial charge in [-0.1, -0.05) is 12.1 Å². The number of ether oxygens (including phenoxy) is 1. The van der Waals surface area contributed by atoms with E-state index in [1.807, 2.05) is 49.6 Å². The number of thiophene rings is 1. The number of rotatable bonds is 4. The zero-order chi connectivity index (χ0) is 21.4. The second-order valence-electron chi connectivity index (χ2n) is 7.26. The number of carbonyl (C=O) groups excluding carboxylic acids is 2. The van der Waals surface area contributed by atoms with Crippen molar-refractivity contribution in [2.24, 2.45) is 0 Å². The van der Waals surface area contributed by atoms with Gasteiger partial charge in [-0.25, -0.2) is 0 Å². The lowest BCUT2D eigenvalue weighted by atomic mass is 9.99. The van der Waals surface area contributed by atoms with E-state index in [9.17, 15) is 14.7 Å². The molecule has 4 rings (SSSR count). The molecule has 5 nitrogen and oxygen atoms in total. The largest absolute Gasteiger partial charge is 0.507 e. The highest BCUT2D eigenvalue weighted by molar-refractivity contribution is 7.10. The molecule has 1 aromatic heterocycles. The Labute approximate surface area is 178 Å². The Kier molecular flexibility index (Phi) is 5.18. The van der Waals surface area contributed by atoms with Crippen LogP contribution in [0.2, 0.25) is 0 Å². The summed E-state index contributed by atoms with van der Waals surface area (Å²) >= 11 is 1.44. The molecule has 6 heteroatoms. The van der Waals surface area contributed by atoms with Gasteiger partial charge in [0.05, 0.1) is 12.7 Å². The Morgan fingerprint density at radius 2 is 1.70 bits per heavy atom. The first-order valence-corrected chi connectivity index (χ1v) is 10.4. The summed E-state index contributed by atoms with van der Waals surface area (Å²) in [6, 6.07) is 15.6. The number of nitrogens with zero attached hydrogens (tertiary/aromatic N) is 1. The highest BCUT2D eigenvalue weighted by Crippen LogP contribution is 2.44. The Balaban J connectivity index is 1.91.